The predicted octanol–water partition coefficient (Wildman–Crippen LogP) is 1.94. The van der Waals surface area contributed by atoms with Crippen molar-refractivity contribution < 1.29 is 19.0 Å². The summed E-state index contributed by atoms with van der Waals surface area (Å²) in [5.74, 6) is -0.327. The van der Waals surface area contributed by atoms with E-state index in [-0.39, 0.29) is 19.1 Å². The van der Waals surface area contributed by atoms with Crippen molar-refractivity contribution in [1.82, 2.24) is 9.55 Å². The van der Waals surface area contributed by atoms with Gasteiger partial charge in [0.2, 0.25) is 12.2 Å². The number of pyridine rings is 1. The number of imidazole rings is 1. The number of aliphatic hydroxyl groups excluding tert-OH is 1. The minimum absolute atomic E-state index is 0.159. The van der Waals surface area contributed by atoms with Crippen LogP contribution in [-0.4, -0.2) is 27.2 Å². The molecule has 0 aliphatic carbocycles. The quantitative estimate of drug-likeness (QED) is 0.540. The third kappa shape index (κ3) is 3.55. The number of amides is 1. The van der Waals surface area contributed by atoms with Crippen LogP contribution in [0.3, 0.4) is 0 Å². The largest absolute Gasteiger partial charge is 0.710 e. The summed E-state index contributed by atoms with van der Waals surface area (Å²) < 4.78 is 15.5. The maximum Gasteiger partial charge on any atom is 0.247 e. The molecule has 0 spiro atoms. The van der Waals surface area contributed by atoms with Gasteiger partial charge in [-0.05, 0) is 36.4 Å². The number of carbonyl (C=O) groups is 1. The highest BCUT2D eigenvalue weighted by Crippen LogP contribution is 2.31. The van der Waals surface area contributed by atoms with Gasteiger partial charge in [-0.3, -0.25) is 4.79 Å². The number of hydrogen-bond donors (Lipinski definition) is 2. The second-order valence-corrected chi connectivity index (χ2v) is 5.67. The van der Waals surface area contributed by atoms with Crippen molar-refractivity contribution in [2.45, 2.75) is 13.5 Å². The van der Waals surface area contributed by atoms with Crippen LogP contribution in [0.2, 0.25) is 0 Å². The van der Waals surface area contributed by atoms with Crippen molar-refractivity contribution in [3.05, 3.63) is 59.9 Å². The zero-order valence-corrected chi connectivity index (χ0v) is 14.0. The first kappa shape index (κ1) is 17.6. The molecule has 0 radical (unpaired) electrons. The van der Waals surface area contributed by atoms with Gasteiger partial charge in [-0.1, -0.05) is 0 Å². The molecule has 0 saturated heterocycles. The van der Waals surface area contributed by atoms with Crippen LogP contribution in [0.4, 0.5) is 10.2 Å². The molecule has 26 heavy (non-hydrogen) atoms. The molecule has 2 aromatic heterocycles. The number of rotatable bonds is 5. The molecule has 0 bridgehead atoms. The Morgan fingerprint density at radius 3 is 2.69 bits per heavy atom. The maximum absolute atomic E-state index is 13.3. The van der Waals surface area contributed by atoms with Gasteiger partial charge in [0.05, 0.1) is 6.61 Å². The maximum atomic E-state index is 13.3. The SMILES string of the molecule is CC(=O)Nc1cc(-c2c(-c3ccc(F)cc3)[n+]([O-])cn2CCO)ccn1. The van der Waals surface area contributed by atoms with Crippen molar-refractivity contribution >= 4 is 11.7 Å². The Labute approximate surface area is 148 Å². The highest BCUT2D eigenvalue weighted by atomic mass is 19.1. The lowest BCUT2D eigenvalue weighted by atomic mass is 10.1. The molecule has 0 saturated carbocycles. The molecule has 3 aromatic rings. The van der Waals surface area contributed by atoms with Gasteiger partial charge in [-0.25, -0.2) is 18.7 Å². The van der Waals surface area contributed by atoms with Gasteiger partial charge in [0, 0.05) is 24.2 Å². The van der Waals surface area contributed by atoms with E-state index in [1.807, 2.05) is 0 Å². The fraction of sp³-hybridized carbons (Fsp3) is 0.167. The zero-order chi connectivity index (χ0) is 18.7. The highest BCUT2D eigenvalue weighted by Gasteiger charge is 2.24. The summed E-state index contributed by atoms with van der Waals surface area (Å²) >= 11 is 0. The van der Waals surface area contributed by atoms with Gasteiger partial charge in [-0.15, -0.1) is 0 Å². The normalized spacial score (nSPS) is 10.7. The van der Waals surface area contributed by atoms with Crippen molar-refractivity contribution in [3.63, 3.8) is 0 Å². The van der Waals surface area contributed by atoms with E-state index in [2.05, 4.69) is 10.3 Å². The molecule has 8 heteroatoms. The molecule has 1 amide bonds. The van der Waals surface area contributed by atoms with Crippen LogP contribution in [-0.2, 0) is 11.3 Å². The number of aliphatic hydroxyl groups is 1. The number of anilines is 1. The van der Waals surface area contributed by atoms with Crippen LogP contribution in [0.1, 0.15) is 6.92 Å². The Kier molecular flexibility index (Phi) is 4.94. The molecule has 1 aromatic carbocycles. The zero-order valence-electron chi connectivity index (χ0n) is 14.0. The lowest BCUT2D eigenvalue weighted by Crippen LogP contribution is -2.25. The average molecular weight is 356 g/mol. The van der Waals surface area contributed by atoms with E-state index in [0.29, 0.717) is 33.1 Å². The topological polar surface area (TPSA) is 94.1 Å². The summed E-state index contributed by atoms with van der Waals surface area (Å²) in [6.07, 6.45) is 2.84. The second-order valence-electron chi connectivity index (χ2n) is 5.67. The van der Waals surface area contributed by atoms with Crippen molar-refractivity contribution in [2.75, 3.05) is 11.9 Å². The lowest BCUT2D eigenvalue weighted by molar-refractivity contribution is -0.593. The lowest BCUT2D eigenvalue weighted by Gasteiger charge is -2.08. The molecular formula is C18H17FN4O3. The van der Waals surface area contributed by atoms with Crippen molar-refractivity contribution in [2.24, 2.45) is 0 Å². The number of nitrogens with zero attached hydrogens (tertiary/aromatic N) is 3. The third-order valence-corrected chi connectivity index (χ3v) is 3.77. The molecular weight excluding hydrogens is 339 g/mol. The Hall–Kier alpha value is -3.26. The highest BCUT2D eigenvalue weighted by molar-refractivity contribution is 5.88. The Balaban J connectivity index is 2.18. The summed E-state index contributed by atoms with van der Waals surface area (Å²) in [5.41, 5.74) is 2.02. The van der Waals surface area contributed by atoms with Gasteiger partial charge < -0.3 is 15.6 Å². The smallest absolute Gasteiger partial charge is 0.247 e. The first-order valence-corrected chi connectivity index (χ1v) is 7.92. The molecule has 3 rings (SSSR count). The fourth-order valence-electron chi connectivity index (χ4n) is 2.76. The standard InChI is InChI=1S/C18H17FN4O3/c1-12(25)21-16-10-14(6-7-20-16)17-18(13-2-4-15(19)5-3-13)23(26)11-22(17)8-9-24/h2-7,10-11,24H,8-9H2,1H3,(H,20,21,25). The number of nitrogens with one attached hydrogen (secondary N) is 1. The minimum atomic E-state index is -0.403. The fourth-order valence-corrected chi connectivity index (χ4v) is 2.76. The predicted molar refractivity (Wildman–Crippen MR) is 93.4 cm³/mol. The molecule has 0 unspecified atom stereocenters. The summed E-state index contributed by atoms with van der Waals surface area (Å²) in [7, 11) is 0. The number of aromatic nitrogens is 3. The minimum Gasteiger partial charge on any atom is -0.710 e. The number of halogens is 1. The Bertz CT molecular complexity index is 938. The molecule has 0 fully saturated rings. The van der Waals surface area contributed by atoms with Crippen LogP contribution < -0.4 is 10.0 Å². The Morgan fingerprint density at radius 2 is 2.04 bits per heavy atom. The third-order valence-electron chi connectivity index (χ3n) is 3.77. The molecule has 0 atom stereocenters. The number of carbonyl (C=O) groups excluding carboxylic acids is 1. The Morgan fingerprint density at radius 1 is 1.31 bits per heavy atom. The summed E-state index contributed by atoms with van der Waals surface area (Å²) in [4.78, 5) is 15.4. The average Bonchev–Trinajstić information content (AvgIpc) is 2.92. The van der Waals surface area contributed by atoms with Gasteiger partial charge >= 0.3 is 0 Å². The second kappa shape index (κ2) is 7.32. The molecule has 7 nitrogen and oxygen atoms in total. The van der Waals surface area contributed by atoms with Gasteiger partial charge in [0.25, 0.3) is 0 Å². The van der Waals surface area contributed by atoms with E-state index in [4.69, 9.17) is 0 Å². The summed E-state index contributed by atoms with van der Waals surface area (Å²) in [6.45, 7) is 1.42. The van der Waals surface area contributed by atoms with Crippen molar-refractivity contribution in [1.29, 1.82) is 0 Å². The van der Waals surface area contributed by atoms with Crippen LogP contribution in [0, 0.1) is 11.0 Å². The molecule has 2 heterocycles. The van der Waals surface area contributed by atoms with Gasteiger partial charge in [0.1, 0.15) is 18.2 Å². The van der Waals surface area contributed by atoms with E-state index in [1.165, 1.54) is 43.7 Å². The van der Waals surface area contributed by atoms with Crippen molar-refractivity contribution in [3.8, 4) is 22.5 Å². The van der Waals surface area contributed by atoms with Gasteiger partial charge in [-0.2, -0.15) is 0 Å². The van der Waals surface area contributed by atoms with E-state index >= 15 is 0 Å². The monoisotopic (exact) mass is 356 g/mol. The molecule has 0 aliphatic rings. The summed E-state index contributed by atoms with van der Waals surface area (Å²) in [6, 6.07) is 8.91. The van der Waals surface area contributed by atoms with E-state index in [0.717, 1.165) is 0 Å². The van der Waals surface area contributed by atoms with Crippen LogP contribution >= 0.6 is 0 Å². The van der Waals surface area contributed by atoms with E-state index < -0.39 is 5.82 Å². The molecule has 2 N–H and O–H groups in total. The first-order valence-electron chi connectivity index (χ1n) is 7.92. The molecule has 134 valence electrons. The van der Waals surface area contributed by atoms with Crippen LogP contribution in [0.15, 0.2) is 48.9 Å². The van der Waals surface area contributed by atoms with E-state index in [9.17, 15) is 19.5 Å². The van der Waals surface area contributed by atoms with Crippen LogP contribution in [0.25, 0.3) is 22.5 Å². The van der Waals surface area contributed by atoms with E-state index in [1.54, 1.807) is 16.7 Å². The number of benzene rings is 1. The van der Waals surface area contributed by atoms with Gasteiger partial charge in [0.15, 0.2) is 11.4 Å². The summed E-state index contributed by atoms with van der Waals surface area (Å²) in [5, 5.41) is 24.4. The molecule has 0 aliphatic heterocycles. The first-order chi connectivity index (χ1) is 12.5. The number of hydrogen-bond acceptors (Lipinski definition) is 4. The van der Waals surface area contributed by atoms with Crippen LogP contribution in [0.5, 0.6) is 0 Å².